The van der Waals surface area contributed by atoms with Crippen molar-refractivity contribution >= 4 is 11.3 Å². The molecule has 0 N–H and O–H groups in total. The molecule has 2 aromatic carbocycles. The second-order valence-electron chi connectivity index (χ2n) is 14.9. The van der Waals surface area contributed by atoms with Gasteiger partial charge in [-0.1, -0.05) is 147 Å². The first-order valence-corrected chi connectivity index (χ1v) is 20.2. The summed E-state index contributed by atoms with van der Waals surface area (Å²) in [6.45, 7) is 38.0. The van der Waals surface area contributed by atoms with Crippen molar-refractivity contribution in [1.82, 2.24) is 0 Å². The van der Waals surface area contributed by atoms with Gasteiger partial charge in [0.2, 0.25) is 0 Å². The molecule has 0 radical (unpaired) electrons. The zero-order valence-corrected chi connectivity index (χ0v) is 35.2. The molecule has 1 heterocycles. The highest BCUT2D eigenvalue weighted by Crippen LogP contribution is 2.35. The van der Waals surface area contributed by atoms with Gasteiger partial charge in [-0.25, -0.2) is 0 Å². The number of allylic oxidation sites excluding steroid dienone is 4. The highest BCUT2D eigenvalue weighted by molar-refractivity contribution is 5.93. The second kappa shape index (κ2) is 27.8. The van der Waals surface area contributed by atoms with Crippen LogP contribution in [0.1, 0.15) is 185 Å². The van der Waals surface area contributed by atoms with Crippen molar-refractivity contribution in [3.63, 3.8) is 0 Å². The van der Waals surface area contributed by atoms with Crippen LogP contribution in [0.3, 0.4) is 0 Å². The Labute approximate surface area is 312 Å². The van der Waals surface area contributed by atoms with Crippen molar-refractivity contribution < 1.29 is 0 Å². The quantitative estimate of drug-likeness (QED) is 0.139. The molecule has 1 atom stereocenters. The van der Waals surface area contributed by atoms with E-state index in [0.717, 1.165) is 30.0 Å². The molecule has 1 heteroatoms. The Bertz CT molecular complexity index is 1330. The highest BCUT2D eigenvalue weighted by Gasteiger charge is 2.28. The van der Waals surface area contributed by atoms with Crippen LogP contribution in [0.2, 0.25) is 0 Å². The largest absolute Gasteiger partial charge is 0.257 e. The fourth-order valence-corrected chi connectivity index (χ4v) is 5.53. The molecule has 1 unspecified atom stereocenters. The monoisotopic (exact) mass is 682 g/mol. The summed E-state index contributed by atoms with van der Waals surface area (Å²) in [7, 11) is 0. The third-order valence-electron chi connectivity index (χ3n) is 9.39. The fraction of sp³-hybridized carbons (Fsp3) is 0.571. The molecule has 0 bridgehead atoms. The van der Waals surface area contributed by atoms with E-state index >= 15 is 0 Å². The molecule has 2 aliphatic rings. The number of benzene rings is 2. The molecular weight excluding hydrogens is 603 g/mol. The van der Waals surface area contributed by atoms with Crippen LogP contribution in [0, 0.1) is 33.6 Å². The molecule has 1 aliphatic heterocycles. The van der Waals surface area contributed by atoms with Crippen molar-refractivity contribution in [2.45, 2.75) is 179 Å². The minimum atomic E-state index is 0.674. The van der Waals surface area contributed by atoms with Gasteiger partial charge >= 0.3 is 0 Å². The highest BCUT2D eigenvalue weighted by atomic mass is 14.8. The van der Waals surface area contributed by atoms with Gasteiger partial charge in [0.25, 0.3) is 0 Å². The average molecular weight is 682 g/mol. The molecule has 0 saturated heterocycles. The summed E-state index contributed by atoms with van der Waals surface area (Å²) in [6.07, 6.45) is 19.9. The Morgan fingerprint density at radius 1 is 0.720 bits per heavy atom. The number of hydrogen-bond acceptors (Lipinski definition) is 1. The molecule has 0 spiro atoms. The Morgan fingerprint density at radius 3 is 1.78 bits per heavy atom. The smallest absolute Gasteiger partial charge is 0.0616 e. The second-order valence-corrected chi connectivity index (χ2v) is 14.9. The molecule has 0 amide bonds. The van der Waals surface area contributed by atoms with Gasteiger partial charge in [-0.05, 0) is 137 Å². The van der Waals surface area contributed by atoms with E-state index in [-0.39, 0.29) is 0 Å². The fourth-order valence-electron chi connectivity index (χ4n) is 5.53. The van der Waals surface area contributed by atoms with Gasteiger partial charge in [0.15, 0.2) is 0 Å². The van der Waals surface area contributed by atoms with Crippen LogP contribution >= 0.6 is 0 Å². The summed E-state index contributed by atoms with van der Waals surface area (Å²) in [5, 5.41) is 0. The molecule has 4 rings (SSSR count). The Balaban J connectivity index is 0.000000659. The van der Waals surface area contributed by atoms with Crippen molar-refractivity contribution in [2.75, 3.05) is 0 Å². The lowest BCUT2D eigenvalue weighted by Crippen LogP contribution is -1.97. The molecular formula is C49H79N. The summed E-state index contributed by atoms with van der Waals surface area (Å²) >= 11 is 0. The predicted octanol–water partition coefficient (Wildman–Crippen LogP) is 16.4. The van der Waals surface area contributed by atoms with E-state index in [0.29, 0.717) is 5.92 Å². The van der Waals surface area contributed by atoms with Crippen molar-refractivity contribution in [1.29, 1.82) is 0 Å². The van der Waals surface area contributed by atoms with Crippen LogP contribution in [0.25, 0.3) is 5.57 Å². The standard InChI is InChI=1S/C19H30.C10H13N.C9H12.C7H14.C4H10/c1-6-8-9-11-15(3)18-12-13-19(17(5)14-18)16(4)10-7-2;1-7(2)9-5-6-10(11-9)8-3-4-8;1-7-4-5-8(2)9(3)6-7;1-4-5-6-7(2)3;1-3-4-2/h12-14,16H,3,6-11H2,1-2,4-5H3;5,8H,1,3-4,6H2,2H3;4-6H,1-3H3;2,4-6H2,1,3H3;3-4H2,1-2H3. The third-order valence-corrected chi connectivity index (χ3v) is 9.39. The molecule has 1 nitrogen and oxygen atoms in total. The zero-order chi connectivity index (χ0) is 38.1. The van der Waals surface area contributed by atoms with Crippen LogP contribution in [0.15, 0.2) is 84.0 Å². The SMILES string of the molecule is C=C(C)C1=CCC(C2CC2)=N1.C=C(C)CCCC.C=C(CCCCC)c1ccc(C(C)CCC)c(C)c1.CCCC.Cc1ccc(C)c(C)c1. The summed E-state index contributed by atoms with van der Waals surface area (Å²) in [6, 6.07) is 13.4. The topological polar surface area (TPSA) is 12.4 Å². The van der Waals surface area contributed by atoms with Gasteiger partial charge in [-0.2, -0.15) is 0 Å². The molecule has 1 saturated carbocycles. The normalized spacial score (nSPS) is 13.4. The van der Waals surface area contributed by atoms with Crippen molar-refractivity contribution in [2.24, 2.45) is 10.9 Å². The Kier molecular flexibility index (Phi) is 26.1. The van der Waals surface area contributed by atoms with Gasteiger partial charge in [-0.15, -0.1) is 6.58 Å². The van der Waals surface area contributed by atoms with Crippen molar-refractivity contribution in [3.8, 4) is 0 Å². The summed E-state index contributed by atoms with van der Waals surface area (Å²) in [5.74, 6) is 1.50. The van der Waals surface area contributed by atoms with Crippen molar-refractivity contribution in [3.05, 3.63) is 112 Å². The first kappa shape index (κ1) is 47.1. The number of hydrogen-bond donors (Lipinski definition) is 0. The first-order valence-electron chi connectivity index (χ1n) is 20.2. The Morgan fingerprint density at radius 2 is 1.36 bits per heavy atom. The molecule has 1 aliphatic carbocycles. The van der Waals surface area contributed by atoms with E-state index in [9.17, 15) is 0 Å². The predicted molar refractivity (Wildman–Crippen MR) is 231 cm³/mol. The van der Waals surface area contributed by atoms with E-state index in [1.54, 1.807) is 0 Å². The molecule has 50 heavy (non-hydrogen) atoms. The van der Waals surface area contributed by atoms with Crippen LogP contribution in [-0.2, 0) is 0 Å². The number of aryl methyl sites for hydroxylation is 4. The average Bonchev–Trinajstić information content (AvgIpc) is 3.81. The molecule has 1 fully saturated rings. The maximum atomic E-state index is 4.53. The minimum absolute atomic E-state index is 0.674. The van der Waals surface area contributed by atoms with Crippen LogP contribution in [0.5, 0.6) is 0 Å². The van der Waals surface area contributed by atoms with Gasteiger partial charge in [0, 0.05) is 12.1 Å². The van der Waals surface area contributed by atoms with E-state index in [1.165, 1.54) is 127 Å². The summed E-state index contributed by atoms with van der Waals surface area (Å²) in [4.78, 5) is 4.53. The number of nitrogens with zero attached hydrogens (tertiary/aromatic N) is 1. The van der Waals surface area contributed by atoms with Gasteiger partial charge < -0.3 is 0 Å². The number of rotatable bonds is 14. The lowest BCUT2D eigenvalue weighted by Gasteiger charge is -2.16. The van der Waals surface area contributed by atoms with Gasteiger partial charge in [0.1, 0.15) is 0 Å². The lowest BCUT2D eigenvalue weighted by molar-refractivity contribution is 0.661. The molecule has 280 valence electrons. The van der Waals surface area contributed by atoms with Crippen LogP contribution in [-0.4, -0.2) is 5.71 Å². The zero-order valence-electron chi connectivity index (χ0n) is 35.2. The van der Waals surface area contributed by atoms with E-state index in [1.807, 2.05) is 6.92 Å². The maximum Gasteiger partial charge on any atom is 0.0616 e. The van der Waals surface area contributed by atoms with E-state index in [4.69, 9.17) is 0 Å². The maximum absolute atomic E-state index is 4.53. The number of unbranched alkanes of at least 4 members (excludes halogenated alkanes) is 4. The number of aliphatic imine (C=N–C) groups is 1. The summed E-state index contributed by atoms with van der Waals surface area (Å²) < 4.78 is 0. The minimum Gasteiger partial charge on any atom is -0.257 e. The lowest BCUT2D eigenvalue weighted by atomic mass is 9.90. The Hall–Kier alpha value is -2.93. The van der Waals surface area contributed by atoms with Gasteiger partial charge in [-0.3, -0.25) is 4.99 Å². The van der Waals surface area contributed by atoms with Crippen LogP contribution in [0.4, 0.5) is 0 Å². The van der Waals surface area contributed by atoms with E-state index < -0.39 is 0 Å². The summed E-state index contributed by atoms with van der Waals surface area (Å²) in [5.41, 5.74) is 14.6. The third kappa shape index (κ3) is 21.3. The van der Waals surface area contributed by atoms with Crippen LogP contribution < -0.4 is 0 Å². The molecule has 0 aromatic heterocycles. The van der Waals surface area contributed by atoms with Gasteiger partial charge in [0.05, 0.1) is 5.70 Å². The first-order chi connectivity index (χ1) is 23.7. The van der Waals surface area contributed by atoms with E-state index in [2.05, 4.69) is 143 Å². The molecule has 2 aromatic rings.